The molecule has 3 aromatic carbocycles. The van der Waals surface area contributed by atoms with Crippen LogP contribution >= 0.6 is 11.8 Å². The molecule has 0 spiro atoms. The van der Waals surface area contributed by atoms with Crippen molar-refractivity contribution in [1.82, 2.24) is 4.98 Å². The van der Waals surface area contributed by atoms with Crippen molar-refractivity contribution in [3.8, 4) is 22.4 Å². The van der Waals surface area contributed by atoms with E-state index in [0.29, 0.717) is 0 Å². The highest BCUT2D eigenvalue weighted by Gasteiger charge is 2.24. The number of hydrogen-bond donors (Lipinski definition) is 0. The van der Waals surface area contributed by atoms with Crippen molar-refractivity contribution in [3.63, 3.8) is 0 Å². The number of aromatic nitrogens is 1. The van der Waals surface area contributed by atoms with Gasteiger partial charge in [0.1, 0.15) is 0 Å². The molecule has 0 unspecified atom stereocenters. The summed E-state index contributed by atoms with van der Waals surface area (Å²) in [6.07, 6.45) is 3.02. The van der Waals surface area contributed by atoms with Gasteiger partial charge < -0.3 is 0 Å². The van der Waals surface area contributed by atoms with Gasteiger partial charge in [0.25, 0.3) is 0 Å². The lowest BCUT2D eigenvalue weighted by Gasteiger charge is -2.23. The van der Waals surface area contributed by atoms with Gasteiger partial charge in [0, 0.05) is 26.9 Å². The van der Waals surface area contributed by atoms with E-state index in [0.717, 1.165) is 12.1 Å². The van der Waals surface area contributed by atoms with Gasteiger partial charge in [-0.25, -0.2) is 0 Å². The minimum Gasteiger partial charge on any atom is -0.255 e. The Balaban J connectivity index is 1.83. The van der Waals surface area contributed by atoms with Crippen LogP contribution in [0.4, 0.5) is 0 Å². The Bertz CT molecular complexity index is 1250. The van der Waals surface area contributed by atoms with E-state index in [-0.39, 0.29) is 0 Å². The first kappa shape index (κ1) is 17.5. The van der Waals surface area contributed by atoms with Crippen LogP contribution < -0.4 is 0 Å². The van der Waals surface area contributed by atoms with Crippen LogP contribution in [0.15, 0.2) is 64.5 Å². The third-order valence-electron chi connectivity index (χ3n) is 5.92. The monoisotopic (exact) mass is 381 g/mol. The molecule has 0 amide bonds. The van der Waals surface area contributed by atoms with Gasteiger partial charge in [0.05, 0.1) is 5.69 Å². The molecule has 0 saturated carbocycles. The summed E-state index contributed by atoms with van der Waals surface area (Å²) in [6.45, 7) is 8.85. The predicted octanol–water partition coefficient (Wildman–Crippen LogP) is 7.52. The average Bonchev–Trinajstić information content (AvgIpc) is 2.71. The topological polar surface area (TPSA) is 12.9 Å². The lowest BCUT2D eigenvalue weighted by molar-refractivity contribution is 1.09. The van der Waals surface area contributed by atoms with E-state index in [1.165, 1.54) is 59.5 Å². The molecule has 4 aromatic rings. The molecule has 0 fully saturated rings. The predicted molar refractivity (Wildman–Crippen MR) is 120 cm³/mol. The zero-order chi connectivity index (χ0) is 19.4. The summed E-state index contributed by atoms with van der Waals surface area (Å²) in [7, 11) is 0. The highest BCUT2D eigenvalue weighted by Crippen LogP contribution is 2.51. The SMILES string of the molecule is CCc1cc(C)cc(-c2nccc3c2Sc2ccc(C)c4cccc-3c24)c1C. The Hall–Kier alpha value is -2.58. The summed E-state index contributed by atoms with van der Waals surface area (Å²) >= 11 is 1.87. The average molecular weight is 382 g/mol. The molecule has 2 heteroatoms. The van der Waals surface area contributed by atoms with Crippen LogP contribution in [0.25, 0.3) is 33.2 Å². The largest absolute Gasteiger partial charge is 0.255 e. The first-order valence-electron chi connectivity index (χ1n) is 9.88. The van der Waals surface area contributed by atoms with Crippen LogP contribution in [0, 0.1) is 20.8 Å². The fourth-order valence-corrected chi connectivity index (χ4v) is 5.67. The van der Waals surface area contributed by atoms with Crippen LogP contribution in [0.3, 0.4) is 0 Å². The van der Waals surface area contributed by atoms with E-state index in [1.807, 2.05) is 18.0 Å². The molecule has 0 saturated heterocycles. The molecule has 28 heavy (non-hydrogen) atoms. The zero-order valence-corrected chi connectivity index (χ0v) is 17.6. The van der Waals surface area contributed by atoms with Gasteiger partial charge in [-0.15, -0.1) is 0 Å². The van der Waals surface area contributed by atoms with E-state index >= 15 is 0 Å². The van der Waals surface area contributed by atoms with E-state index < -0.39 is 0 Å². The summed E-state index contributed by atoms with van der Waals surface area (Å²) in [5.74, 6) is 0. The van der Waals surface area contributed by atoms with E-state index in [9.17, 15) is 0 Å². The molecular formula is C26H23NS. The van der Waals surface area contributed by atoms with Gasteiger partial charge in [-0.3, -0.25) is 4.98 Å². The molecule has 0 N–H and O–H groups in total. The fourth-order valence-electron chi connectivity index (χ4n) is 4.44. The molecule has 2 heterocycles. The van der Waals surface area contributed by atoms with Crippen LogP contribution in [0.5, 0.6) is 0 Å². The number of pyridine rings is 1. The van der Waals surface area contributed by atoms with Crippen molar-refractivity contribution in [2.75, 3.05) is 0 Å². The van der Waals surface area contributed by atoms with Gasteiger partial charge in [-0.2, -0.15) is 0 Å². The van der Waals surface area contributed by atoms with E-state index in [2.05, 4.69) is 76.2 Å². The van der Waals surface area contributed by atoms with Crippen molar-refractivity contribution in [2.45, 2.75) is 43.9 Å². The Kier molecular flexibility index (Phi) is 4.06. The van der Waals surface area contributed by atoms with Gasteiger partial charge in [-0.05, 0) is 78.6 Å². The maximum atomic E-state index is 4.87. The Morgan fingerprint density at radius 3 is 2.57 bits per heavy atom. The normalized spacial score (nSPS) is 12.3. The second kappa shape index (κ2) is 6.49. The minimum absolute atomic E-state index is 1.05. The zero-order valence-electron chi connectivity index (χ0n) is 16.8. The maximum absolute atomic E-state index is 4.87. The molecular weight excluding hydrogens is 358 g/mol. The number of benzene rings is 3. The van der Waals surface area contributed by atoms with Crippen molar-refractivity contribution in [2.24, 2.45) is 0 Å². The first-order valence-corrected chi connectivity index (χ1v) is 10.7. The highest BCUT2D eigenvalue weighted by molar-refractivity contribution is 8.00. The Morgan fingerprint density at radius 1 is 0.893 bits per heavy atom. The number of rotatable bonds is 2. The van der Waals surface area contributed by atoms with Gasteiger partial charge >= 0.3 is 0 Å². The van der Waals surface area contributed by atoms with Crippen LogP contribution in [-0.2, 0) is 6.42 Å². The second-order valence-electron chi connectivity index (χ2n) is 7.70. The molecule has 1 aromatic heterocycles. The standard InChI is InChI=1S/C26H23NS/c1-5-18-13-15(2)14-22(17(18)4)25-26-21(11-12-27-25)20-8-6-7-19-16(3)9-10-23(28-26)24(19)20/h6-14H,5H2,1-4H3. The van der Waals surface area contributed by atoms with Gasteiger partial charge in [0.15, 0.2) is 0 Å². The third-order valence-corrected chi connectivity index (χ3v) is 7.10. The fraction of sp³-hybridized carbons (Fsp3) is 0.192. The summed E-state index contributed by atoms with van der Waals surface area (Å²) < 4.78 is 0. The summed E-state index contributed by atoms with van der Waals surface area (Å²) in [6, 6.07) is 18.0. The Labute approximate surface area is 170 Å². The highest BCUT2D eigenvalue weighted by atomic mass is 32.2. The third kappa shape index (κ3) is 2.51. The van der Waals surface area contributed by atoms with E-state index in [1.54, 1.807) is 0 Å². The summed E-state index contributed by atoms with van der Waals surface area (Å²) in [5, 5.41) is 2.74. The smallest absolute Gasteiger partial charge is 0.0850 e. The van der Waals surface area contributed by atoms with Gasteiger partial charge in [-0.1, -0.05) is 54.6 Å². The second-order valence-corrected chi connectivity index (χ2v) is 8.75. The number of hydrogen-bond acceptors (Lipinski definition) is 2. The molecule has 1 aliphatic heterocycles. The molecule has 0 atom stereocenters. The lowest BCUT2D eigenvalue weighted by atomic mass is 9.92. The Morgan fingerprint density at radius 2 is 1.75 bits per heavy atom. The molecule has 0 radical (unpaired) electrons. The van der Waals surface area contributed by atoms with Crippen LogP contribution in [0.1, 0.15) is 29.2 Å². The quantitative estimate of drug-likeness (QED) is 0.313. The van der Waals surface area contributed by atoms with Crippen molar-refractivity contribution in [3.05, 3.63) is 77.0 Å². The van der Waals surface area contributed by atoms with Gasteiger partial charge in [0.2, 0.25) is 0 Å². The lowest BCUT2D eigenvalue weighted by Crippen LogP contribution is -2.00. The molecule has 138 valence electrons. The first-order chi connectivity index (χ1) is 13.6. The molecule has 1 nitrogen and oxygen atoms in total. The minimum atomic E-state index is 1.05. The maximum Gasteiger partial charge on any atom is 0.0850 e. The number of nitrogens with zero attached hydrogens (tertiary/aromatic N) is 1. The van der Waals surface area contributed by atoms with Crippen molar-refractivity contribution in [1.29, 1.82) is 0 Å². The molecule has 0 bridgehead atoms. The van der Waals surface area contributed by atoms with Crippen LogP contribution in [-0.4, -0.2) is 4.98 Å². The van der Waals surface area contributed by atoms with Crippen LogP contribution in [0.2, 0.25) is 0 Å². The van der Waals surface area contributed by atoms with E-state index in [4.69, 9.17) is 4.98 Å². The molecule has 5 rings (SSSR count). The summed E-state index contributed by atoms with van der Waals surface area (Å²) in [5.41, 5.74) is 10.4. The van der Waals surface area contributed by atoms with Crippen molar-refractivity contribution >= 4 is 22.5 Å². The number of aryl methyl sites for hydroxylation is 3. The summed E-state index contributed by atoms with van der Waals surface area (Å²) in [4.78, 5) is 7.49. The van der Waals surface area contributed by atoms with Crippen molar-refractivity contribution < 1.29 is 0 Å². The molecule has 1 aliphatic rings. The molecule has 0 aliphatic carbocycles. The number of fused-ring (bicyclic) bond motifs is 2.